The highest BCUT2D eigenvalue weighted by Gasteiger charge is 2.45. The summed E-state index contributed by atoms with van der Waals surface area (Å²) in [4.78, 5) is 14.8. The molecule has 0 bridgehead atoms. The number of nitrogens with zero attached hydrogens (tertiary/aromatic N) is 4. The van der Waals surface area contributed by atoms with Crippen molar-refractivity contribution in [2.45, 2.75) is 51.2 Å². The molecule has 134 valence electrons. The van der Waals surface area contributed by atoms with Gasteiger partial charge >= 0.3 is 0 Å². The SMILES string of the molecule is CC(C)n1cc([C@@]2(O)CCN(C(=O)C(C)(C)c3ccccc3)C2)nn1. The van der Waals surface area contributed by atoms with Gasteiger partial charge in [0.05, 0.1) is 18.2 Å². The summed E-state index contributed by atoms with van der Waals surface area (Å²) in [5, 5.41) is 19.2. The van der Waals surface area contributed by atoms with Crippen LogP contribution in [0.4, 0.5) is 0 Å². The van der Waals surface area contributed by atoms with Crippen molar-refractivity contribution in [1.82, 2.24) is 19.9 Å². The van der Waals surface area contributed by atoms with Gasteiger partial charge in [0, 0.05) is 19.0 Å². The molecular formula is C19H26N4O2. The molecule has 6 heteroatoms. The van der Waals surface area contributed by atoms with Crippen LogP contribution in [0.5, 0.6) is 0 Å². The molecule has 1 aliphatic rings. The van der Waals surface area contributed by atoms with Crippen LogP contribution in [0.25, 0.3) is 0 Å². The number of β-amino-alcohol motifs (C(OH)–C–C–N with tert-alkyl or cyclic N) is 1. The van der Waals surface area contributed by atoms with Gasteiger partial charge in [-0.05, 0) is 33.3 Å². The summed E-state index contributed by atoms with van der Waals surface area (Å²) >= 11 is 0. The summed E-state index contributed by atoms with van der Waals surface area (Å²) in [7, 11) is 0. The molecule has 0 aliphatic carbocycles. The third kappa shape index (κ3) is 3.18. The van der Waals surface area contributed by atoms with Crippen LogP contribution in [0.2, 0.25) is 0 Å². The molecule has 2 heterocycles. The van der Waals surface area contributed by atoms with Crippen molar-refractivity contribution in [2.24, 2.45) is 0 Å². The molecule has 6 nitrogen and oxygen atoms in total. The molecule has 1 aromatic carbocycles. The molecule has 1 saturated heterocycles. The number of carbonyl (C=O) groups excluding carboxylic acids is 1. The van der Waals surface area contributed by atoms with Crippen LogP contribution in [0.3, 0.4) is 0 Å². The Morgan fingerprint density at radius 3 is 2.56 bits per heavy atom. The second-order valence-electron chi connectivity index (χ2n) is 7.68. The van der Waals surface area contributed by atoms with Crippen molar-refractivity contribution in [3.8, 4) is 0 Å². The Balaban J connectivity index is 1.78. The minimum Gasteiger partial charge on any atom is -0.381 e. The lowest BCUT2D eigenvalue weighted by Crippen LogP contribution is -2.44. The number of hydrogen-bond donors (Lipinski definition) is 1. The van der Waals surface area contributed by atoms with E-state index in [-0.39, 0.29) is 18.5 Å². The molecule has 2 aromatic rings. The Morgan fingerprint density at radius 2 is 1.96 bits per heavy atom. The van der Waals surface area contributed by atoms with Crippen molar-refractivity contribution in [3.63, 3.8) is 0 Å². The maximum Gasteiger partial charge on any atom is 0.232 e. The number of likely N-dealkylation sites (tertiary alicyclic amines) is 1. The molecule has 0 spiro atoms. The van der Waals surface area contributed by atoms with E-state index < -0.39 is 11.0 Å². The number of aromatic nitrogens is 3. The van der Waals surface area contributed by atoms with Gasteiger partial charge in [-0.15, -0.1) is 5.10 Å². The van der Waals surface area contributed by atoms with Gasteiger partial charge in [-0.25, -0.2) is 4.68 Å². The molecule has 1 fully saturated rings. The van der Waals surface area contributed by atoms with E-state index in [1.165, 1.54) is 0 Å². The van der Waals surface area contributed by atoms with Crippen LogP contribution in [0, 0.1) is 0 Å². The van der Waals surface area contributed by atoms with Crippen molar-refractivity contribution in [1.29, 1.82) is 0 Å². The lowest BCUT2D eigenvalue weighted by Gasteiger charge is -2.30. The monoisotopic (exact) mass is 342 g/mol. The van der Waals surface area contributed by atoms with Crippen LogP contribution < -0.4 is 0 Å². The van der Waals surface area contributed by atoms with E-state index in [0.717, 1.165) is 5.56 Å². The maximum atomic E-state index is 13.1. The summed E-state index contributed by atoms with van der Waals surface area (Å²) < 4.78 is 1.73. The number of carbonyl (C=O) groups is 1. The minimum atomic E-state index is -1.13. The first-order valence-corrected chi connectivity index (χ1v) is 8.73. The van der Waals surface area contributed by atoms with E-state index in [1.807, 2.05) is 58.0 Å². The van der Waals surface area contributed by atoms with Crippen molar-refractivity contribution >= 4 is 5.91 Å². The summed E-state index contributed by atoms with van der Waals surface area (Å²) in [5.74, 6) is 0.0193. The lowest BCUT2D eigenvalue weighted by molar-refractivity contribution is -0.136. The van der Waals surface area contributed by atoms with E-state index in [1.54, 1.807) is 15.8 Å². The maximum absolute atomic E-state index is 13.1. The third-order valence-electron chi connectivity index (χ3n) is 5.08. The molecule has 1 amide bonds. The standard InChI is InChI=1S/C19H26N4O2/c1-14(2)23-12-16(20-21-23)19(25)10-11-22(13-19)17(24)18(3,4)15-8-6-5-7-9-15/h5-9,12,14,25H,10-11,13H2,1-4H3/t19-/m1/s1. The first-order chi connectivity index (χ1) is 11.7. The normalized spacial score (nSPS) is 21.1. The van der Waals surface area contributed by atoms with Gasteiger partial charge in [0.1, 0.15) is 11.3 Å². The molecule has 0 saturated carbocycles. The Labute approximate surface area is 148 Å². The topological polar surface area (TPSA) is 71.2 Å². The number of rotatable bonds is 4. The van der Waals surface area contributed by atoms with Crippen LogP contribution in [0.1, 0.15) is 51.4 Å². The predicted molar refractivity (Wildman–Crippen MR) is 95.0 cm³/mol. The highest BCUT2D eigenvalue weighted by molar-refractivity contribution is 5.87. The number of benzene rings is 1. The van der Waals surface area contributed by atoms with E-state index >= 15 is 0 Å². The largest absolute Gasteiger partial charge is 0.381 e. The molecular weight excluding hydrogens is 316 g/mol. The van der Waals surface area contributed by atoms with E-state index in [2.05, 4.69) is 10.3 Å². The Kier molecular flexibility index (Phi) is 4.41. The number of hydrogen-bond acceptors (Lipinski definition) is 4. The Hall–Kier alpha value is -2.21. The van der Waals surface area contributed by atoms with Crippen LogP contribution in [-0.4, -0.2) is 44.0 Å². The minimum absolute atomic E-state index is 0.0193. The Bertz CT molecular complexity index is 754. The average Bonchev–Trinajstić information content (AvgIpc) is 3.23. The van der Waals surface area contributed by atoms with Crippen molar-refractivity contribution in [3.05, 3.63) is 47.8 Å². The molecule has 3 rings (SSSR count). The lowest BCUT2D eigenvalue weighted by atomic mass is 9.83. The first-order valence-electron chi connectivity index (χ1n) is 8.73. The fraction of sp³-hybridized carbons (Fsp3) is 0.526. The smallest absolute Gasteiger partial charge is 0.232 e. The van der Waals surface area contributed by atoms with Gasteiger partial charge in [0.15, 0.2) is 0 Å². The second-order valence-corrected chi connectivity index (χ2v) is 7.68. The van der Waals surface area contributed by atoms with Crippen molar-refractivity contribution < 1.29 is 9.90 Å². The highest BCUT2D eigenvalue weighted by Crippen LogP contribution is 2.34. The van der Waals surface area contributed by atoms with Crippen LogP contribution in [-0.2, 0) is 15.8 Å². The molecule has 1 aromatic heterocycles. The third-order valence-corrected chi connectivity index (χ3v) is 5.08. The summed E-state index contributed by atoms with van der Waals surface area (Å²) in [6.45, 7) is 8.64. The average molecular weight is 342 g/mol. The van der Waals surface area contributed by atoms with Gasteiger partial charge in [-0.1, -0.05) is 35.5 Å². The summed E-state index contributed by atoms with van der Waals surface area (Å²) in [6.07, 6.45) is 2.25. The van der Waals surface area contributed by atoms with Gasteiger partial charge in [-0.2, -0.15) is 0 Å². The molecule has 1 atom stereocenters. The Morgan fingerprint density at radius 1 is 1.28 bits per heavy atom. The first kappa shape index (κ1) is 17.6. The molecule has 25 heavy (non-hydrogen) atoms. The van der Waals surface area contributed by atoms with Gasteiger partial charge < -0.3 is 10.0 Å². The predicted octanol–water partition coefficient (Wildman–Crippen LogP) is 2.26. The summed E-state index contributed by atoms with van der Waals surface area (Å²) in [6, 6.07) is 9.93. The van der Waals surface area contributed by atoms with E-state index in [0.29, 0.717) is 18.7 Å². The van der Waals surface area contributed by atoms with E-state index in [4.69, 9.17) is 0 Å². The van der Waals surface area contributed by atoms with E-state index in [9.17, 15) is 9.90 Å². The fourth-order valence-corrected chi connectivity index (χ4v) is 3.29. The second kappa shape index (κ2) is 6.26. The molecule has 1 aliphatic heterocycles. The van der Waals surface area contributed by atoms with Crippen LogP contribution in [0.15, 0.2) is 36.5 Å². The molecule has 0 radical (unpaired) electrons. The molecule has 0 unspecified atom stereocenters. The zero-order chi connectivity index (χ0) is 18.2. The van der Waals surface area contributed by atoms with Crippen molar-refractivity contribution in [2.75, 3.05) is 13.1 Å². The zero-order valence-electron chi connectivity index (χ0n) is 15.3. The molecule has 1 N–H and O–H groups in total. The number of aliphatic hydroxyl groups is 1. The van der Waals surface area contributed by atoms with Gasteiger partial charge in [-0.3, -0.25) is 4.79 Å². The quantitative estimate of drug-likeness (QED) is 0.925. The zero-order valence-corrected chi connectivity index (χ0v) is 15.3. The highest BCUT2D eigenvalue weighted by atomic mass is 16.3. The van der Waals surface area contributed by atoms with Gasteiger partial charge in [0.2, 0.25) is 5.91 Å². The van der Waals surface area contributed by atoms with Crippen LogP contribution >= 0.6 is 0 Å². The van der Waals surface area contributed by atoms with Gasteiger partial charge in [0.25, 0.3) is 0 Å². The fourth-order valence-electron chi connectivity index (χ4n) is 3.29. The number of amides is 1. The summed E-state index contributed by atoms with van der Waals surface area (Å²) in [5.41, 5.74) is -0.257.